The number of Topliss-reactive ketones (excluding diaryl/α,β-unsaturated/α-hetero) is 1. The smallest absolute Gasteiger partial charge is 0.267 e. The van der Waals surface area contributed by atoms with Gasteiger partial charge in [-0.25, -0.2) is 0 Å². The van der Waals surface area contributed by atoms with Gasteiger partial charge < -0.3 is 5.32 Å². The summed E-state index contributed by atoms with van der Waals surface area (Å²) < 4.78 is 0. The number of hydrogen-bond acceptors (Lipinski definition) is 3. The van der Waals surface area contributed by atoms with Gasteiger partial charge in [-0.2, -0.15) is 0 Å². The number of nitrogens with one attached hydrogen (secondary N) is 1. The Kier molecular flexibility index (Phi) is 4.74. The molecular formula is C13H9BrClNO2S. The van der Waals surface area contributed by atoms with E-state index in [9.17, 15) is 9.59 Å². The first-order valence-electron chi connectivity index (χ1n) is 5.35. The van der Waals surface area contributed by atoms with Gasteiger partial charge in [0.2, 0.25) is 0 Å². The lowest BCUT2D eigenvalue weighted by Gasteiger charge is -2.05. The molecule has 0 unspecified atom stereocenters. The van der Waals surface area contributed by atoms with Crippen molar-refractivity contribution in [1.82, 2.24) is 0 Å². The molecule has 0 saturated carbocycles. The number of benzene rings is 1. The molecule has 0 aliphatic heterocycles. The maximum atomic E-state index is 12.0. The summed E-state index contributed by atoms with van der Waals surface area (Å²) in [6.07, 6.45) is 0. The third-order valence-electron chi connectivity index (χ3n) is 2.39. The van der Waals surface area contributed by atoms with E-state index >= 15 is 0 Å². The molecule has 0 aliphatic rings. The number of rotatable bonds is 4. The van der Waals surface area contributed by atoms with Gasteiger partial charge in [0.25, 0.3) is 5.91 Å². The molecule has 0 saturated heterocycles. The maximum absolute atomic E-state index is 12.0. The quantitative estimate of drug-likeness (QED) is 0.656. The number of anilines is 1. The Labute approximate surface area is 127 Å². The Bertz CT molecular complexity index is 627. The zero-order chi connectivity index (χ0) is 13.8. The Morgan fingerprint density at radius 1 is 1.32 bits per heavy atom. The molecule has 1 N–H and O–H groups in total. The van der Waals surface area contributed by atoms with Crippen LogP contribution in [0.5, 0.6) is 0 Å². The van der Waals surface area contributed by atoms with E-state index in [1.54, 1.807) is 35.7 Å². The van der Waals surface area contributed by atoms with Crippen LogP contribution in [0.1, 0.15) is 20.0 Å². The van der Waals surface area contributed by atoms with Gasteiger partial charge in [-0.05, 0) is 23.6 Å². The molecule has 0 radical (unpaired) electrons. The van der Waals surface area contributed by atoms with Crippen LogP contribution in [0.3, 0.4) is 0 Å². The Morgan fingerprint density at radius 3 is 2.74 bits per heavy atom. The van der Waals surface area contributed by atoms with Crippen molar-refractivity contribution in [3.05, 3.63) is 51.2 Å². The summed E-state index contributed by atoms with van der Waals surface area (Å²) in [4.78, 5) is 24.0. The minimum atomic E-state index is -0.275. The summed E-state index contributed by atoms with van der Waals surface area (Å²) in [6.45, 7) is 0. The average Bonchev–Trinajstić information content (AvgIpc) is 2.84. The largest absolute Gasteiger partial charge is 0.321 e. The predicted molar refractivity (Wildman–Crippen MR) is 81.8 cm³/mol. The van der Waals surface area contributed by atoms with Gasteiger partial charge in [-0.1, -0.05) is 39.7 Å². The van der Waals surface area contributed by atoms with Crippen LogP contribution in [0.4, 0.5) is 5.69 Å². The molecule has 0 fully saturated rings. The molecule has 3 nitrogen and oxygen atoms in total. The van der Waals surface area contributed by atoms with Gasteiger partial charge in [0.1, 0.15) is 4.88 Å². The summed E-state index contributed by atoms with van der Waals surface area (Å²) in [5.74, 6) is -0.311. The lowest BCUT2D eigenvalue weighted by molar-refractivity contribution is 0.101. The second-order valence-corrected chi connectivity index (χ2v) is 5.57. The van der Waals surface area contributed by atoms with Crippen molar-refractivity contribution in [3.63, 3.8) is 0 Å². The SMILES string of the molecule is O=C(CBr)c1cccc(NC(=O)c2sccc2Cl)c1. The Morgan fingerprint density at radius 2 is 2.11 bits per heavy atom. The van der Waals surface area contributed by atoms with Gasteiger partial charge in [0.15, 0.2) is 5.78 Å². The van der Waals surface area contributed by atoms with Crippen molar-refractivity contribution in [2.75, 3.05) is 10.6 Å². The van der Waals surface area contributed by atoms with Crippen LogP contribution in [0.15, 0.2) is 35.7 Å². The lowest BCUT2D eigenvalue weighted by Crippen LogP contribution is -2.11. The van der Waals surface area contributed by atoms with Crippen molar-refractivity contribution in [2.24, 2.45) is 0 Å². The standard InChI is InChI=1S/C13H9BrClNO2S/c14-7-11(17)8-2-1-3-9(6-8)16-13(18)12-10(15)4-5-19-12/h1-6H,7H2,(H,16,18). The topological polar surface area (TPSA) is 46.2 Å². The number of carbonyl (C=O) groups excluding carboxylic acids is 2. The van der Waals surface area contributed by atoms with E-state index in [0.29, 0.717) is 21.2 Å². The van der Waals surface area contributed by atoms with Gasteiger partial charge in [0, 0.05) is 11.3 Å². The molecule has 1 heterocycles. The summed E-state index contributed by atoms with van der Waals surface area (Å²) in [6, 6.07) is 8.47. The fraction of sp³-hybridized carbons (Fsp3) is 0.0769. The van der Waals surface area contributed by atoms with Crippen molar-refractivity contribution in [3.8, 4) is 0 Å². The molecule has 0 aliphatic carbocycles. The molecule has 6 heteroatoms. The predicted octanol–water partition coefficient (Wildman–Crippen LogP) is 4.23. The molecule has 98 valence electrons. The zero-order valence-corrected chi connectivity index (χ0v) is 12.8. The zero-order valence-electron chi connectivity index (χ0n) is 9.65. The molecule has 1 aromatic carbocycles. The number of amides is 1. The third-order valence-corrected chi connectivity index (χ3v) is 4.24. The fourth-order valence-corrected chi connectivity index (χ4v) is 2.85. The highest BCUT2D eigenvalue weighted by Crippen LogP contribution is 2.23. The van der Waals surface area contributed by atoms with E-state index in [-0.39, 0.29) is 17.0 Å². The number of alkyl halides is 1. The number of ketones is 1. The van der Waals surface area contributed by atoms with Gasteiger partial charge >= 0.3 is 0 Å². The molecule has 0 spiro atoms. The first-order chi connectivity index (χ1) is 9.11. The number of halogens is 2. The second kappa shape index (κ2) is 6.32. The van der Waals surface area contributed by atoms with Gasteiger partial charge in [0.05, 0.1) is 10.4 Å². The normalized spacial score (nSPS) is 10.2. The lowest BCUT2D eigenvalue weighted by atomic mass is 10.1. The van der Waals surface area contributed by atoms with Crippen molar-refractivity contribution in [1.29, 1.82) is 0 Å². The molecule has 2 aromatic rings. The first kappa shape index (κ1) is 14.2. The van der Waals surface area contributed by atoms with Crippen LogP contribution in [-0.4, -0.2) is 17.0 Å². The van der Waals surface area contributed by atoms with Gasteiger partial charge in [-0.15, -0.1) is 11.3 Å². The fourth-order valence-electron chi connectivity index (χ4n) is 1.49. The van der Waals surface area contributed by atoms with Crippen LogP contribution < -0.4 is 5.32 Å². The van der Waals surface area contributed by atoms with E-state index in [4.69, 9.17) is 11.6 Å². The van der Waals surface area contributed by atoms with E-state index in [2.05, 4.69) is 21.2 Å². The molecule has 19 heavy (non-hydrogen) atoms. The minimum absolute atomic E-state index is 0.0368. The average molecular weight is 359 g/mol. The van der Waals surface area contributed by atoms with Crippen molar-refractivity contribution in [2.45, 2.75) is 0 Å². The Hall–Kier alpha value is -1.17. The highest BCUT2D eigenvalue weighted by atomic mass is 79.9. The summed E-state index contributed by atoms with van der Waals surface area (Å²) in [5.41, 5.74) is 1.12. The van der Waals surface area contributed by atoms with E-state index in [0.717, 1.165) is 0 Å². The summed E-state index contributed by atoms with van der Waals surface area (Å²) in [7, 11) is 0. The highest BCUT2D eigenvalue weighted by molar-refractivity contribution is 9.09. The minimum Gasteiger partial charge on any atom is -0.321 e. The van der Waals surface area contributed by atoms with E-state index in [1.807, 2.05) is 0 Å². The molecule has 0 atom stereocenters. The summed E-state index contributed by atoms with van der Waals surface area (Å²) >= 11 is 10.3. The van der Waals surface area contributed by atoms with Crippen molar-refractivity contribution < 1.29 is 9.59 Å². The maximum Gasteiger partial charge on any atom is 0.267 e. The van der Waals surface area contributed by atoms with Crippen LogP contribution in [0, 0.1) is 0 Å². The Balaban J connectivity index is 2.18. The molecule has 0 bridgehead atoms. The number of carbonyl (C=O) groups is 2. The monoisotopic (exact) mass is 357 g/mol. The second-order valence-electron chi connectivity index (χ2n) is 3.69. The van der Waals surface area contributed by atoms with Crippen LogP contribution in [0.25, 0.3) is 0 Å². The van der Waals surface area contributed by atoms with Crippen LogP contribution in [-0.2, 0) is 0 Å². The molecular weight excluding hydrogens is 350 g/mol. The highest BCUT2D eigenvalue weighted by Gasteiger charge is 2.12. The van der Waals surface area contributed by atoms with Crippen molar-refractivity contribution >= 4 is 56.2 Å². The first-order valence-corrected chi connectivity index (χ1v) is 7.73. The van der Waals surface area contributed by atoms with Crippen LogP contribution >= 0.6 is 38.9 Å². The number of hydrogen-bond donors (Lipinski definition) is 1. The van der Waals surface area contributed by atoms with E-state index in [1.165, 1.54) is 11.3 Å². The summed E-state index contributed by atoms with van der Waals surface area (Å²) in [5, 5.41) is 5.15. The molecule has 2 rings (SSSR count). The number of thiophene rings is 1. The van der Waals surface area contributed by atoms with Crippen LogP contribution in [0.2, 0.25) is 5.02 Å². The molecule has 1 aromatic heterocycles. The third kappa shape index (κ3) is 3.43. The van der Waals surface area contributed by atoms with E-state index < -0.39 is 0 Å². The molecule has 1 amide bonds. The van der Waals surface area contributed by atoms with Gasteiger partial charge in [-0.3, -0.25) is 9.59 Å².